The first-order valence-corrected chi connectivity index (χ1v) is 9.09. The number of halogens is 1. The van der Waals surface area contributed by atoms with E-state index in [9.17, 15) is 9.59 Å². The maximum Gasteiger partial charge on any atom is 0.252 e. The Bertz CT molecular complexity index is 443. The summed E-state index contributed by atoms with van der Waals surface area (Å²) in [5.41, 5.74) is 0. The molecule has 0 spiro atoms. The second-order valence-electron chi connectivity index (χ2n) is 6.96. The molecule has 3 heterocycles. The van der Waals surface area contributed by atoms with Gasteiger partial charge in [-0.2, -0.15) is 0 Å². The standard InChI is InChI=1S/C17H29N3O3.ClH/c1-18-13-6-4-9-19(12-13)16(21)14-7-2-3-10-20(14)17(22)15-8-5-11-23-15;/h13-15,18H,2-12H2,1H3;1H. The van der Waals surface area contributed by atoms with Crippen molar-refractivity contribution in [1.29, 1.82) is 0 Å². The second-order valence-corrected chi connectivity index (χ2v) is 6.96. The second kappa shape index (κ2) is 9.02. The fourth-order valence-electron chi connectivity index (χ4n) is 4.03. The average molecular weight is 360 g/mol. The molecule has 0 aliphatic carbocycles. The molecule has 6 nitrogen and oxygen atoms in total. The number of likely N-dealkylation sites (N-methyl/N-ethyl adjacent to an activating group) is 1. The average Bonchev–Trinajstić information content (AvgIpc) is 3.15. The first-order chi connectivity index (χ1) is 11.2. The van der Waals surface area contributed by atoms with Crippen LogP contribution in [0.15, 0.2) is 0 Å². The fourth-order valence-corrected chi connectivity index (χ4v) is 4.03. The Hall–Kier alpha value is -0.850. The van der Waals surface area contributed by atoms with E-state index in [4.69, 9.17) is 4.74 Å². The summed E-state index contributed by atoms with van der Waals surface area (Å²) in [6, 6.07) is 0.0923. The summed E-state index contributed by atoms with van der Waals surface area (Å²) in [6.45, 7) is 2.93. The van der Waals surface area contributed by atoms with E-state index in [1.165, 1.54) is 0 Å². The normalized spacial score (nSPS) is 30.8. The largest absolute Gasteiger partial charge is 0.368 e. The zero-order valence-corrected chi connectivity index (χ0v) is 15.4. The molecule has 1 N–H and O–H groups in total. The van der Waals surface area contributed by atoms with Crippen LogP contribution in [0.2, 0.25) is 0 Å². The van der Waals surface area contributed by atoms with Crippen LogP contribution in [0.25, 0.3) is 0 Å². The van der Waals surface area contributed by atoms with Crippen molar-refractivity contribution >= 4 is 24.2 Å². The minimum absolute atomic E-state index is 0. The van der Waals surface area contributed by atoms with Crippen LogP contribution in [-0.2, 0) is 14.3 Å². The van der Waals surface area contributed by atoms with Crippen molar-refractivity contribution in [2.45, 2.75) is 63.1 Å². The van der Waals surface area contributed by atoms with Gasteiger partial charge in [-0.25, -0.2) is 0 Å². The molecular weight excluding hydrogens is 330 g/mol. The summed E-state index contributed by atoms with van der Waals surface area (Å²) >= 11 is 0. The number of likely N-dealkylation sites (tertiary alicyclic amines) is 2. The molecule has 7 heteroatoms. The number of piperidine rings is 2. The van der Waals surface area contributed by atoms with Gasteiger partial charge in [0.1, 0.15) is 12.1 Å². The van der Waals surface area contributed by atoms with E-state index in [1.807, 2.05) is 16.8 Å². The highest BCUT2D eigenvalue weighted by Crippen LogP contribution is 2.24. The van der Waals surface area contributed by atoms with Crippen LogP contribution >= 0.6 is 12.4 Å². The van der Waals surface area contributed by atoms with E-state index in [1.54, 1.807) is 0 Å². The molecule has 0 saturated carbocycles. The lowest BCUT2D eigenvalue weighted by molar-refractivity contribution is -0.153. The number of carbonyl (C=O) groups is 2. The molecule has 0 aromatic heterocycles. The summed E-state index contributed by atoms with van der Waals surface area (Å²) in [5, 5.41) is 3.28. The number of amides is 2. The number of nitrogens with one attached hydrogen (secondary N) is 1. The van der Waals surface area contributed by atoms with Gasteiger partial charge < -0.3 is 19.9 Å². The Morgan fingerprint density at radius 2 is 1.83 bits per heavy atom. The highest BCUT2D eigenvalue weighted by Gasteiger charge is 2.39. The third-order valence-electron chi connectivity index (χ3n) is 5.42. The molecular formula is C17H30ClN3O3. The van der Waals surface area contributed by atoms with Crippen LogP contribution in [-0.4, -0.2) is 73.1 Å². The number of ether oxygens (including phenoxy) is 1. The Morgan fingerprint density at radius 3 is 2.54 bits per heavy atom. The highest BCUT2D eigenvalue weighted by atomic mass is 35.5. The molecule has 0 aromatic rings. The predicted octanol–water partition coefficient (Wildman–Crippen LogP) is 1.18. The van der Waals surface area contributed by atoms with Crippen LogP contribution in [0.3, 0.4) is 0 Å². The number of rotatable bonds is 3. The van der Waals surface area contributed by atoms with Crippen molar-refractivity contribution < 1.29 is 14.3 Å². The Balaban J connectivity index is 0.00000208. The lowest BCUT2D eigenvalue weighted by atomic mass is 9.97. The topological polar surface area (TPSA) is 61.9 Å². The molecule has 3 rings (SSSR count). The molecule has 3 atom stereocenters. The maximum atomic E-state index is 13.0. The molecule has 3 fully saturated rings. The summed E-state index contributed by atoms with van der Waals surface area (Å²) < 4.78 is 5.55. The van der Waals surface area contributed by atoms with Crippen LogP contribution in [0, 0.1) is 0 Å². The van der Waals surface area contributed by atoms with Gasteiger partial charge in [0.25, 0.3) is 5.91 Å². The van der Waals surface area contributed by atoms with Crippen LogP contribution < -0.4 is 5.32 Å². The summed E-state index contributed by atoms with van der Waals surface area (Å²) in [5.74, 6) is 0.165. The molecule has 0 bridgehead atoms. The summed E-state index contributed by atoms with van der Waals surface area (Å²) in [6.07, 6.45) is 6.36. The Morgan fingerprint density at radius 1 is 1.00 bits per heavy atom. The van der Waals surface area contributed by atoms with Crippen molar-refractivity contribution in [1.82, 2.24) is 15.1 Å². The van der Waals surface area contributed by atoms with E-state index in [-0.39, 0.29) is 36.4 Å². The monoisotopic (exact) mass is 359 g/mol. The van der Waals surface area contributed by atoms with Gasteiger partial charge in [-0.15, -0.1) is 12.4 Å². The molecule has 24 heavy (non-hydrogen) atoms. The molecule has 3 aliphatic heterocycles. The molecule has 3 saturated heterocycles. The van der Waals surface area contributed by atoms with Gasteiger partial charge in [-0.3, -0.25) is 9.59 Å². The van der Waals surface area contributed by atoms with E-state index in [0.29, 0.717) is 19.2 Å². The lowest BCUT2D eigenvalue weighted by Gasteiger charge is -2.41. The molecule has 138 valence electrons. The minimum Gasteiger partial charge on any atom is -0.368 e. The number of hydrogen-bond acceptors (Lipinski definition) is 4. The van der Waals surface area contributed by atoms with Crippen molar-refractivity contribution in [2.24, 2.45) is 0 Å². The van der Waals surface area contributed by atoms with Gasteiger partial charge >= 0.3 is 0 Å². The fraction of sp³-hybridized carbons (Fsp3) is 0.882. The first kappa shape index (κ1) is 19.5. The molecule has 2 amide bonds. The number of nitrogens with zero attached hydrogens (tertiary/aromatic N) is 2. The Labute approximate surface area is 150 Å². The van der Waals surface area contributed by atoms with Gasteiger partial charge in [0, 0.05) is 32.3 Å². The number of carbonyl (C=O) groups excluding carboxylic acids is 2. The first-order valence-electron chi connectivity index (χ1n) is 9.09. The van der Waals surface area contributed by atoms with Gasteiger partial charge in [0.15, 0.2) is 0 Å². The summed E-state index contributed by atoms with van der Waals surface area (Å²) in [4.78, 5) is 29.5. The van der Waals surface area contributed by atoms with Crippen LogP contribution in [0.5, 0.6) is 0 Å². The van der Waals surface area contributed by atoms with Gasteiger partial charge in [-0.05, 0) is 52.0 Å². The van der Waals surface area contributed by atoms with E-state index < -0.39 is 0 Å². The van der Waals surface area contributed by atoms with Crippen molar-refractivity contribution in [2.75, 3.05) is 33.3 Å². The van der Waals surface area contributed by atoms with Crippen molar-refractivity contribution in [3.8, 4) is 0 Å². The molecule has 3 aliphatic rings. The SMILES string of the molecule is CNC1CCCN(C(=O)C2CCCCN2C(=O)C2CCCO2)C1.Cl. The third kappa shape index (κ3) is 4.21. The third-order valence-corrected chi connectivity index (χ3v) is 5.42. The van der Waals surface area contributed by atoms with E-state index in [0.717, 1.165) is 58.0 Å². The molecule has 0 radical (unpaired) electrons. The van der Waals surface area contributed by atoms with E-state index >= 15 is 0 Å². The molecule has 3 unspecified atom stereocenters. The molecule has 0 aromatic carbocycles. The van der Waals surface area contributed by atoms with Crippen molar-refractivity contribution in [3.05, 3.63) is 0 Å². The zero-order chi connectivity index (χ0) is 16.2. The highest BCUT2D eigenvalue weighted by molar-refractivity contribution is 5.89. The van der Waals surface area contributed by atoms with Crippen LogP contribution in [0.4, 0.5) is 0 Å². The van der Waals surface area contributed by atoms with E-state index in [2.05, 4.69) is 5.32 Å². The summed E-state index contributed by atoms with van der Waals surface area (Å²) in [7, 11) is 1.95. The minimum atomic E-state index is -0.324. The predicted molar refractivity (Wildman–Crippen MR) is 94.2 cm³/mol. The van der Waals surface area contributed by atoms with Gasteiger partial charge in [0.2, 0.25) is 5.91 Å². The smallest absolute Gasteiger partial charge is 0.252 e. The zero-order valence-electron chi connectivity index (χ0n) is 14.5. The quantitative estimate of drug-likeness (QED) is 0.822. The lowest BCUT2D eigenvalue weighted by Crippen LogP contribution is -2.57. The van der Waals surface area contributed by atoms with Gasteiger partial charge in [0.05, 0.1) is 0 Å². The van der Waals surface area contributed by atoms with Crippen LogP contribution in [0.1, 0.15) is 44.9 Å². The van der Waals surface area contributed by atoms with Crippen molar-refractivity contribution in [3.63, 3.8) is 0 Å². The Kier molecular flexibility index (Phi) is 7.32. The maximum absolute atomic E-state index is 13.0. The van der Waals surface area contributed by atoms with Gasteiger partial charge in [-0.1, -0.05) is 0 Å². The number of hydrogen-bond donors (Lipinski definition) is 1.